The third kappa shape index (κ3) is 4.00. The number of rotatable bonds is 5. The van der Waals surface area contributed by atoms with Crippen LogP contribution in [0.25, 0.3) is 5.95 Å². The van der Waals surface area contributed by atoms with Gasteiger partial charge in [0.2, 0.25) is 0 Å². The van der Waals surface area contributed by atoms with Crippen molar-refractivity contribution in [3.05, 3.63) is 69.7 Å². The Morgan fingerprint density at radius 2 is 1.78 bits per heavy atom. The molecule has 0 aliphatic rings. The largest absolute Gasteiger partial charge is 0.436 e. The summed E-state index contributed by atoms with van der Waals surface area (Å²) >= 11 is 3.40. The van der Waals surface area contributed by atoms with Gasteiger partial charge in [-0.2, -0.15) is 18.3 Å². The molecule has 1 amide bonds. The minimum atomic E-state index is -4.84. The molecule has 1 aromatic carbocycles. The van der Waals surface area contributed by atoms with Gasteiger partial charge in [0.25, 0.3) is 11.9 Å². The maximum atomic E-state index is 13.4. The Bertz CT molecular complexity index is 972. The second-order valence-electron chi connectivity index (χ2n) is 5.58. The lowest BCUT2D eigenvalue weighted by molar-refractivity contribution is -0.141. The highest BCUT2D eigenvalue weighted by Crippen LogP contribution is 2.33. The number of nitrogens with two attached hydrogens (primary N) is 1. The first-order valence-corrected chi connectivity index (χ1v) is 8.58. The van der Waals surface area contributed by atoms with Crippen molar-refractivity contribution < 1.29 is 18.0 Å². The van der Waals surface area contributed by atoms with Crippen LogP contribution in [-0.4, -0.2) is 25.7 Å². The van der Waals surface area contributed by atoms with Crippen LogP contribution in [0.1, 0.15) is 27.3 Å². The lowest BCUT2D eigenvalue weighted by Crippen LogP contribution is -2.19. The summed E-state index contributed by atoms with van der Waals surface area (Å²) in [6.07, 6.45) is -1.65. The molecular weight excluding hydrogens is 427 g/mol. The monoisotopic (exact) mass is 439 g/mol. The Kier molecular flexibility index (Phi) is 5.26. The first-order chi connectivity index (χ1) is 12.8. The topological polar surface area (TPSA) is 86.7 Å². The summed E-state index contributed by atoms with van der Waals surface area (Å²) in [5, 5.41) is 3.56. The van der Waals surface area contributed by atoms with Crippen LogP contribution in [0, 0.1) is 0 Å². The van der Waals surface area contributed by atoms with Crippen molar-refractivity contribution in [2.24, 2.45) is 5.73 Å². The Morgan fingerprint density at radius 1 is 1.11 bits per heavy atom. The van der Waals surface area contributed by atoms with E-state index in [1.807, 2.05) is 24.3 Å². The molecule has 0 fully saturated rings. The standard InChI is InChI=1S/C17H13BrF3N5O/c18-11-5-2-1-4-10(11)6-7-12-13(15(22)27)14(17(19,20)21)25-26(12)16-23-8-3-9-24-16/h1-5,8-9H,6-7H2,(H2,22,27). The number of aryl methyl sites for hydroxylation is 1. The highest BCUT2D eigenvalue weighted by atomic mass is 79.9. The van der Waals surface area contributed by atoms with Crippen LogP contribution in [0.5, 0.6) is 0 Å². The van der Waals surface area contributed by atoms with Crippen molar-refractivity contribution in [1.82, 2.24) is 19.7 Å². The van der Waals surface area contributed by atoms with Crippen molar-refractivity contribution >= 4 is 21.8 Å². The lowest BCUT2D eigenvalue weighted by Gasteiger charge is -2.08. The third-order valence-electron chi connectivity index (χ3n) is 3.83. The molecule has 3 aromatic rings. The lowest BCUT2D eigenvalue weighted by atomic mass is 10.0. The first-order valence-electron chi connectivity index (χ1n) is 7.78. The number of halogens is 4. The van der Waals surface area contributed by atoms with Gasteiger partial charge in [-0.15, -0.1) is 0 Å². The molecule has 0 radical (unpaired) electrons. The second-order valence-corrected chi connectivity index (χ2v) is 6.44. The molecule has 0 unspecified atom stereocenters. The van der Waals surface area contributed by atoms with Crippen molar-refractivity contribution in [3.8, 4) is 5.95 Å². The van der Waals surface area contributed by atoms with E-state index in [-0.39, 0.29) is 18.1 Å². The summed E-state index contributed by atoms with van der Waals surface area (Å²) in [5.41, 5.74) is 4.13. The van der Waals surface area contributed by atoms with Gasteiger partial charge in [0.05, 0.1) is 11.3 Å². The van der Waals surface area contributed by atoms with Gasteiger partial charge < -0.3 is 5.73 Å². The van der Waals surface area contributed by atoms with Gasteiger partial charge in [-0.1, -0.05) is 34.1 Å². The van der Waals surface area contributed by atoms with E-state index in [4.69, 9.17) is 5.73 Å². The number of primary amides is 1. The molecule has 2 N–H and O–H groups in total. The first kappa shape index (κ1) is 19.0. The number of alkyl halides is 3. The Labute approximate surface area is 160 Å². The van der Waals surface area contributed by atoms with Crippen LogP contribution in [0.2, 0.25) is 0 Å². The number of hydrogen-bond donors (Lipinski definition) is 1. The van der Waals surface area contributed by atoms with Crippen LogP contribution in [-0.2, 0) is 19.0 Å². The average molecular weight is 440 g/mol. The fourth-order valence-electron chi connectivity index (χ4n) is 2.66. The number of benzene rings is 1. The number of carbonyl (C=O) groups excluding carboxylic acids is 1. The fraction of sp³-hybridized carbons (Fsp3) is 0.176. The van der Waals surface area contributed by atoms with Gasteiger partial charge in [-0.3, -0.25) is 4.79 Å². The number of hydrogen-bond acceptors (Lipinski definition) is 4. The molecule has 0 aliphatic heterocycles. The normalized spacial score (nSPS) is 11.6. The smallest absolute Gasteiger partial charge is 0.365 e. The number of nitrogens with zero attached hydrogens (tertiary/aromatic N) is 4. The van der Waals surface area contributed by atoms with Gasteiger partial charge in [0, 0.05) is 16.9 Å². The van der Waals surface area contributed by atoms with Crippen molar-refractivity contribution in [2.45, 2.75) is 19.0 Å². The Hall–Kier alpha value is -2.75. The molecule has 0 aliphatic carbocycles. The molecule has 0 saturated heterocycles. The minimum Gasteiger partial charge on any atom is -0.365 e. The van der Waals surface area contributed by atoms with Crippen LogP contribution in [0.15, 0.2) is 47.2 Å². The Balaban J connectivity index is 2.13. The molecule has 0 bridgehead atoms. The van der Waals surface area contributed by atoms with Gasteiger partial charge in [-0.05, 0) is 30.5 Å². The number of carbonyl (C=O) groups is 1. The van der Waals surface area contributed by atoms with Crippen molar-refractivity contribution in [2.75, 3.05) is 0 Å². The summed E-state index contributed by atoms with van der Waals surface area (Å²) in [6, 6.07) is 8.81. The van der Waals surface area contributed by atoms with Crippen LogP contribution in [0.4, 0.5) is 13.2 Å². The summed E-state index contributed by atoms with van der Waals surface area (Å²) in [5.74, 6) is -1.27. The molecule has 0 saturated carbocycles. The van der Waals surface area contributed by atoms with Gasteiger partial charge in [-0.25, -0.2) is 14.6 Å². The molecule has 3 rings (SSSR count). The predicted molar refractivity (Wildman–Crippen MR) is 94.2 cm³/mol. The van der Waals surface area contributed by atoms with Gasteiger partial charge in [0.1, 0.15) is 0 Å². The van der Waals surface area contributed by atoms with Crippen molar-refractivity contribution in [3.63, 3.8) is 0 Å². The fourth-order valence-corrected chi connectivity index (χ4v) is 3.14. The van der Waals surface area contributed by atoms with E-state index in [0.29, 0.717) is 6.42 Å². The third-order valence-corrected chi connectivity index (χ3v) is 4.60. The maximum Gasteiger partial charge on any atom is 0.436 e. The van der Waals surface area contributed by atoms with E-state index < -0.39 is 23.3 Å². The Morgan fingerprint density at radius 3 is 2.37 bits per heavy atom. The van der Waals surface area contributed by atoms with Crippen LogP contribution >= 0.6 is 15.9 Å². The molecule has 6 nitrogen and oxygen atoms in total. The van der Waals surface area contributed by atoms with Gasteiger partial charge in [0.15, 0.2) is 5.69 Å². The maximum absolute atomic E-state index is 13.4. The minimum absolute atomic E-state index is 0.0109. The van der Waals surface area contributed by atoms with E-state index in [1.165, 1.54) is 18.5 Å². The van der Waals surface area contributed by atoms with E-state index in [0.717, 1.165) is 14.7 Å². The zero-order valence-electron chi connectivity index (χ0n) is 13.7. The zero-order valence-corrected chi connectivity index (χ0v) is 15.3. The predicted octanol–water partition coefficient (Wildman–Crippen LogP) is 3.33. The number of aromatic nitrogens is 4. The van der Waals surface area contributed by atoms with Crippen LogP contribution < -0.4 is 5.73 Å². The van der Waals surface area contributed by atoms with Crippen LogP contribution in [0.3, 0.4) is 0 Å². The molecule has 140 valence electrons. The zero-order chi connectivity index (χ0) is 19.6. The van der Waals surface area contributed by atoms with E-state index in [2.05, 4.69) is 31.0 Å². The summed E-state index contributed by atoms with van der Waals surface area (Å²) in [7, 11) is 0. The summed E-state index contributed by atoms with van der Waals surface area (Å²) in [6.45, 7) is 0. The highest BCUT2D eigenvalue weighted by molar-refractivity contribution is 9.10. The molecule has 2 aromatic heterocycles. The number of amides is 1. The summed E-state index contributed by atoms with van der Waals surface area (Å²) < 4.78 is 42.0. The quantitative estimate of drug-likeness (QED) is 0.660. The average Bonchev–Trinajstić information content (AvgIpc) is 3.02. The molecule has 10 heteroatoms. The van der Waals surface area contributed by atoms with Gasteiger partial charge >= 0.3 is 6.18 Å². The molecule has 27 heavy (non-hydrogen) atoms. The SMILES string of the molecule is NC(=O)c1c(C(F)(F)F)nn(-c2ncccn2)c1CCc1ccccc1Br. The molecular formula is C17H13BrF3N5O. The van der Waals surface area contributed by atoms with E-state index in [9.17, 15) is 18.0 Å². The molecule has 0 spiro atoms. The molecule has 2 heterocycles. The highest BCUT2D eigenvalue weighted by Gasteiger charge is 2.41. The second kappa shape index (κ2) is 7.47. The summed E-state index contributed by atoms with van der Waals surface area (Å²) in [4.78, 5) is 19.7. The van der Waals surface area contributed by atoms with E-state index >= 15 is 0 Å². The van der Waals surface area contributed by atoms with E-state index in [1.54, 1.807) is 0 Å². The molecule has 0 atom stereocenters. The van der Waals surface area contributed by atoms with Crippen molar-refractivity contribution in [1.29, 1.82) is 0 Å².